The highest BCUT2D eigenvalue weighted by molar-refractivity contribution is 5.43. The molecule has 0 saturated heterocycles. The molecule has 0 aliphatic rings. The monoisotopic (exact) mass is 265 g/mol. The first-order chi connectivity index (χ1) is 9.06. The molecule has 0 amide bonds. The Bertz CT molecular complexity index is 539. The van der Waals surface area contributed by atoms with Crippen molar-refractivity contribution in [2.75, 3.05) is 18.0 Å². The molecule has 0 fully saturated rings. The van der Waals surface area contributed by atoms with Crippen molar-refractivity contribution in [3.8, 4) is 0 Å². The van der Waals surface area contributed by atoms with Crippen molar-refractivity contribution in [3.63, 3.8) is 0 Å². The van der Waals surface area contributed by atoms with E-state index < -0.39 is 0 Å². The van der Waals surface area contributed by atoms with Crippen LogP contribution in [0.1, 0.15) is 46.6 Å². The summed E-state index contributed by atoms with van der Waals surface area (Å²) in [5, 5.41) is 0.459. The molecule has 0 aliphatic heterocycles. The predicted molar refractivity (Wildman–Crippen MR) is 84.2 cm³/mol. The molecule has 0 aliphatic carbocycles. The average molecular weight is 265 g/mol. The van der Waals surface area contributed by atoms with E-state index in [-0.39, 0.29) is 5.43 Å². The molecule has 0 N–H and O–H groups in total. The van der Waals surface area contributed by atoms with Crippen LogP contribution in [0, 0.1) is 6.92 Å². The van der Waals surface area contributed by atoms with Crippen molar-refractivity contribution < 1.29 is 4.42 Å². The maximum atomic E-state index is 12.1. The van der Waals surface area contributed by atoms with Crippen LogP contribution >= 0.6 is 0 Å². The second-order valence-electron chi connectivity index (χ2n) is 3.99. The van der Waals surface area contributed by atoms with Gasteiger partial charge in [0.15, 0.2) is 5.43 Å². The van der Waals surface area contributed by atoms with Gasteiger partial charge in [-0.3, -0.25) is 4.79 Å². The van der Waals surface area contributed by atoms with Gasteiger partial charge in [-0.15, -0.1) is 0 Å². The van der Waals surface area contributed by atoms with Gasteiger partial charge in [-0.2, -0.15) is 0 Å². The largest absolute Gasteiger partial charge is 0.440 e. The van der Waals surface area contributed by atoms with E-state index in [1.165, 1.54) is 0 Å². The highest BCUT2D eigenvalue weighted by atomic mass is 16.3. The first kappa shape index (κ1) is 17.5. The molecule has 0 atom stereocenters. The summed E-state index contributed by atoms with van der Waals surface area (Å²) in [6, 6.07) is 0. The summed E-state index contributed by atoms with van der Waals surface area (Å²) >= 11 is 0. The third kappa shape index (κ3) is 3.98. The van der Waals surface area contributed by atoms with E-state index in [1.807, 2.05) is 45.6 Å². The van der Waals surface area contributed by atoms with Crippen LogP contribution in [0.15, 0.2) is 9.21 Å². The fourth-order valence-corrected chi connectivity index (χ4v) is 1.84. The Hall–Kier alpha value is -1.51. The first-order valence-corrected chi connectivity index (χ1v) is 7.14. The van der Waals surface area contributed by atoms with E-state index in [4.69, 9.17) is 4.42 Å². The molecule has 0 unspecified atom stereocenters. The van der Waals surface area contributed by atoms with E-state index in [0.717, 1.165) is 19.5 Å². The summed E-state index contributed by atoms with van der Waals surface area (Å²) in [6.07, 6.45) is 2.72. The molecular weight excluding hydrogens is 238 g/mol. The van der Waals surface area contributed by atoms with Crippen LogP contribution in [-0.2, 0) is 0 Å². The average Bonchev–Trinajstić information content (AvgIpc) is 2.44. The Morgan fingerprint density at radius 1 is 1.21 bits per heavy atom. The van der Waals surface area contributed by atoms with E-state index in [0.29, 0.717) is 22.1 Å². The zero-order valence-electron chi connectivity index (χ0n) is 13.2. The molecule has 108 valence electrons. The number of rotatable bonds is 4. The topological polar surface area (TPSA) is 33.5 Å². The van der Waals surface area contributed by atoms with Gasteiger partial charge in [0.05, 0.1) is 10.8 Å². The fraction of sp³-hybridized carbons (Fsp3) is 0.562. The third-order valence-electron chi connectivity index (χ3n) is 2.88. The van der Waals surface area contributed by atoms with Crippen LogP contribution in [0.4, 0.5) is 5.88 Å². The van der Waals surface area contributed by atoms with Gasteiger partial charge in [0.2, 0.25) is 5.88 Å². The molecule has 0 bridgehead atoms. The summed E-state index contributed by atoms with van der Waals surface area (Å²) in [5.74, 6) is 0.673. The summed E-state index contributed by atoms with van der Waals surface area (Å²) in [6.45, 7) is 17.3. The third-order valence-corrected chi connectivity index (χ3v) is 2.88. The standard InChI is InChI=1S/C14H21NO2.C2H6/c1-6-9-12-10(4)13(16)11(5)14(17-12)15(7-2)8-3;1-2/h9H,4,6-8H2,1-3,5H3;1-2H3/b12-9-;. The summed E-state index contributed by atoms with van der Waals surface area (Å²) in [5.41, 5.74) is 1.23. The molecule has 0 saturated carbocycles. The summed E-state index contributed by atoms with van der Waals surface area (Å²) in [7, 11) is 0. The summed E-state index contributed by atoms with van der Waals surface area (Å²) in [4.78, 5) is 14.1. The molecule has 0 spiro atoms. The van der Waals surface area contributed by atoms with E-state index in [9.17, 15) is 4.79 Å². The van der Waals surface area contributed by atoms with Gasteiger partial charge >= 0.3 is 0 Å². The van der Waals surface area contributed by atoms with Crippen LogP contribution in [0.25, 0.3) is 12.7 Å². The predicted octanol–water partition coefficient (Wildman–Crippen LogP) is 2.42. The second kappa shape index (κ2) is 8.57. The molecular formula is C16H27NO2. The normalized spacial score (nSPS) is 10.9. The van der Waals surface area contributed by atoms with Gasteiger partial charge in [0.25, 0.3) is 0 Å². The quantitative estimate of drug-likeness (QED) is 0.838. The Morgan fingerprint density at radius 3 is 2.16 bits per heavy atom. The Labute approximate surface area is 116 Å². The Balaban J connectivity index is 0.00000154. The Kier molecular flexibility index (Phi) is 7.89. The molecule has 1 rings (SSSR count). The van der Waals surface area contributed by atoms with Crippen molar-refractivity contribution in [3.05, 3.63) is 26.4 Å². The maximum absolute atomic E-state index is 12.1. The first-order valence-electron chi connectivity index (χ1n) is 7.14. The second-order valence-corrected chi connectivity index (χ2v) is 3.99. The number of nitrogens with zero attached hydrogens (tertiary/aromatic N) is 1. The van der Waals surface area contributed by atoms with Crippen molar-refractivity contribution >= 4 is 18.5 Å². The lowest BCUT2D eigenvalue weighted by Crippen LogP contribution is -2.41. The van der Waals surface area contributed by atoms with Crippen molar-refractivity contribution in [1.29, 1.82) is 0 Å². The van der Waals surface area contributed by atoms with Gasteiger partial charge in [-0.05, 0) is 33.3 Å². The molecule has 3 nitrogen and oxygen atoms in total. The minimum absolute atomic E-state index is 0.0159. The number of hydrogen-bond donors (Lipinski definition) is 0. The van der Waals surface area contributed by atoms with E-state index in [2.05, 4.69) is 6.58 Å². The van der Waals surface area contributed by atoms with Gasteiger partial charge in [-0.1, -0.05) is 27.4 Å². The lowest BCUT2D eigenvalue weighted by Gasteiger charge is -2.20. The molecule has 0 aromatic carbocycles. The molecule has 0 radical (unpaired) electrons. The van der Waals surface area contributed by atoms with Gasteiger partial charge in [0.1, 0.15) is 5.42 Å². The zero-order valence-corrected chi connectivity index (χ0v) is 13.2. The van der Waals surface area contributed by atoms with Gasteiger partial charge in [-0.25, -0.2) is 0 Å². The molecule has 1 heterocycles. The lowest BCUT2D eigenvalue weighted by molar-refractivity contribution is 0.492. The molecule has 1 aromatic heterocycles. The van der Waals surface area contributed by atoms with Crippen LogP contribution in [0.3, 0.4) is 0 Å². The summed E-state index contributed by atoms with van der Waals surface area (Å²) < 4.78 is 5.81. The fourth-order valence-electron chi connectivity index (χ4n) is 1.84. The van der Waals surface area contributed by atoms with Crippen molar-refractivity contribution in [1.82, 2.24) is 0 Å². The maximum Gasteiger partial charge on any atom is 0.202 e. The highest BCUT2D eigenvalue weighted by Crippen LogP contribution is 2.12. The molecule has 1 aromatic rings. The van der Waals surface area contributed by atoms with Crippen molar-refractivity contribution in [2.24, 2.45) is 0 Å². The molecule has 19 heavy (non-hydrogen) atoms. The van der Waals surface area contributed by atoms with Gasteiger partial charge < -0.3 is 9.32 Å². The SMILES string of the molecule is C=c1c(=O)c(C)c(N(CC)CC)o/c1=C\CC.CC. The zero-order chi connectivity index (χ0) is 15.0. The van der Waals surface area contributed by atoms with Crippen LogP contribution in [0.2, 0.25) is 0 Å². The minimum atomic E-state index is -0.0159. The van der Waals surface area contributed by atoms with Crippen LogP contribution in [-0.4, -0.2) is 13.1 Å². The van der Waals surface area contributed by atoms with Gasteiger partial charge in [0, 0.05) is 13.1 Å². The van der Waals surface area contributed by atoms with E-state index in [1.54, 1.807) is 6.92 Å². The Morgan fingerprint density at radius 2 is 1.74 bits per heavy atom. The molecule has 3 heteroatoms. The minimum Gasteiger partial charge on any atom is -0.440 e. The number of anilines is 1. The van der Waals surface area contributed by atoms with Crippen LogP contribution < -0.4 is 21.0 Å². The number of hydrogen-bond acceptors (Lipinski definition) is 3. The van der Waals surface area contributed by atoms with E-state index >= 15 is 0 Å². The highest BCUT2D eigenvalue weighted by Gasteiger charge is 2.12. The van der Waals surface area contributed by atoms with Crippen LogP contribution in [0.5, 0.6) is 0 Å². The lowest BCUT2D eigenvalue weighted by atomic mass is 10.2. The van der Waals surface area contributed by atoms with Crippen molar-refractivity contribution in [2.45, 2.75) is 48.0 Å². The smallest absolute Gasteiger partial charge is 0.202 e.